The lowest BCUT2D eigenvalue weighted by Gasteiger charge is -2.25. The molecule has 3 aromatic rings. The Hall–Kier alpha value is -2.92. The van der Waals surface area contributed by atoms with Gasteiger partial charge in [-0.25, -0.2) is 4.39 Å². The van der Waals surface area contributed by atoms with E-state index >= 15 is 0 Å². The number of aromatic nitrogens is 1. The van der Waals surface area contributed by atoms with Gasteiger partial charge in [0.15, 0.2) is 5.78 Å². The maximum absolute atomic E-state index is 13.2. The zero-order valence-electron chi connectivity index (χ0n) is 16.0. The summed E-state index contributed by atoms with van der Waals surface area (Å²) in [4.78, 5) is 15.3. The highest BCUT2D eigenvalue weighted by Gasteiger charge is 2.18. The number of hydrogen-bond donors (Lipinski definition) is 1. The van der Waals surface area contributed by atoms with Crippen LogP contribution in [0.25, 0.3) is 16.5 Å². The van der Waals surface area contributed by atoms with Crippen LogP contribution in [0.5, 0.6) is 0 Å². The molecule has 0 spiro atoms. The summed E-state index contributed by atoms with van der Waals surface area (Å²) >= 11 is 0. The van der Waals surface area contributed by atoms with Gasteiger partial charge in [-0.2, -0.15) is 0 Å². The van der Waals surface area contributed by atoms with Gasteiger partial charge in [0.1, 0.15) is 5.82 Å². The van der Waals surface area contributed by atoms with E-state index in [2.05, 4.69) is 17.9 Å². The molecule has 0 bridgehead atoms. The van der Waals surface area contributed by atoms with Gasteiger partial charge >= 0.3 is 0 Å². The molecule has 0 aliphatic carbocycles. The van der Waals surface area contributed by atoms with E-state index in [0.29, 0.717) is 11.1 Å². The molecular weight excluding hydrogens is 353 g/mol. The summed E-state index contributed by atoms with van der Waals surface area (Å²) in [5, 5.41) is 0.977. The molecule has 1 aliphatic rings. The predicted molar refractivity (Wildman–Crippen MR) is 111 cm³/mol. The van der Waals surface area contributed by atoms with Crippen LogP contribution in [0.2, 0.25) is 0 Å². The van der Waals surface area contributed by atoms with Crippen molar-refractivity contribution >= 4 is 22.3 Å². The fourth-order valence-electron chi connectivity index (χ4n) is 3.90. The van der Waals surface area contributed by atoms with Crippen molar-refractivity contribution in [3.63, 3.8) is 0 Å². The van der Waals surface area contributed by atoms with Gasteiger partial charge < -0.3 is 5.84 Å². The minimum Gasteiger partial charge on any atom is -0.339 e. The minimum atomic E-state index is -0.351. The number of ketones is 1. The minimum absolute atomic E-state index is 0.121. The number of benzene rings is 2. The third kappa shape index (κ3) is 3.45. The first-order valence-corrected chi connectivity index (χ1v) is 9.69. The first-order valence-electron chi connectivity index (χ1n) is 9.69. The number of halogens is 1. The summed E-state index contributed by atoms with van der Waals surface area (Å²) in [5.74, 6) is 5.69. The van der Waals surface area contributed by atoms with Crippen LogP contribution in [0.3, 0.4) is 0 Å². The lowest BCUT2D eigenvalue weighted by molar-refractivity contribution is 0.103. The average Bonchev–Trinajstić information content (AvgIpc) is 3.05. The van der Waals surface area contributed by atoms with Crippen LogP contribution >= 0.6 is 0 Å². The molecular formula is C23H24FN3O. The van der Waals surface area contributed by atoms with E-state index in [-0.39, 0.29) is 11.6 Å². The van der Waals surface area contributed by atoms with Crippen LogP contribution in [0.4, 0.5) is 4.39 Å². The third-order valence-corrected chi connectivity index (χ3v) is 5.38. The standard InChI is InChI=1S/C23H24FN3O/c1-2-11-26-12-9-16(10-13-26)21-15-27(25)22-8-5-18(14-20(21)22)23(28)17-3-6-19(24)7-4-17/h3-9,14-15H,2,10-13,25H2,1H3. The summed E-state index contributed by atoms with van der Waals surface area (Å²) in [6.45, 7) is 5.28. The van der Waals surface area contributed by atoms with Gasteiger partial charge in [0.2, 0.25) is 0 Å². The Morgan fingerprint density at radius 2 is 1.89 bits per heavy atom. The highest BCUT2D eigenvalue weighted by molar-refractivity contribution is 6.11. The number of nitrogens with zero attached hydrogens (tertiary/aromatic N) is 2. The summed E-state index contributed by atoms with van der Waals surface area (Å²) < 4.78 is 14.8. The van der Waals surface area contributed by atoms with Crippen molar-refractivity contribution in [2.24, 2.45) is 0 Å². The van der Waals surface area contributed by atoms with Crippen molar-refractivity contribution in [3.8, 4) is 0 Å². The normalized spacial score (nSPS) is 15.0. The molecule has 0 amide bonds. The molecule has 0 unspecified atom stereocenters. The number of rotatable bonds is 5. The number of nitrogen functional groups attached to an aromatic ring is 1. The van der Waals surface area contributed by atoms with Gasteiger partial charge in [0.25, 0.3) is 0 Å². The summed E-state index contributed by atoms with van der Waals surface area (Å²) in [5.41, 5.74) is 4.30. The van der Waals surface area contributed by atoms with Gasteiger partial charge in [0, 0.05) is 41.4 Å². The smallest absolute Gasteiger partial charge is 0.193 e. The van der Waals surface area contributed by atoms with E-state index in [1.54, 1.807) is 10.7 Å². The second-order valence-corrected chi connectivity index (χ2v) is 7.30. The fraction of sp³-hybridized carbons (Fsp3) is 0.261. The summed E-state index contributed by atoms with van der Waals surface area (Å²) in [6.07, 6.45) is 6.33. The largest absolute Gasteiger partial charge is 0.339 e. The van der Waals surface area contributed by atoms with Crippen LogP contribution in [-0.2, 0) is 0 Å². The number of carbonyl (C=O) groups excluding carboxylic acids is 1. The van der Waals surface area contributed by atoms with Crippen LogP contribution in [-0.4, -0.2) is 35.0 Å². The third-order valence-electron chi connectivity index (χ3n) is 5.38. The molecule has 1 aliphatic heterocycles. The number of hydrogen-bond acceptors (Lipinski definition) is 3. The molecule has 0 atom stereocenters. The van der Waals surface area contributed by atoms with E-state index in [9.17, 15) is 9.18 Å². The zero-order chi connectivity index (χ0) is 19.7. The van der Waals surface area contributed by atoms with Crippen LogP contribution in [0.15, 0.2) is 54.7 Å². The second-order valence-electron chi connectivity index (χ2n) is 7.30. The van der Waals surface area contributed by atoms with Crippen molar-refractivity contribution in [3.05, 3.63) is 77.2 Å². The molecule has 28 heavy (non-hydrogen) atoms. The van der Waals surface area contributed by atoms with Crippen molar-refractivity contribution in [2.45, 2.75) is 19.8 Å². The zero-order valence-corrected chi connectivity index (χ0v) is 16.0. The maximum atomic E-state index is 13.2. The Morgan fingerprint density at radius 3 is 2.57 bits per heavy atom. The van der Waals surface area contributed by atoms with Crippen LogP contribution < -0.4 is 5.84 Å². The summed E-state index contributed by atoms with van der Waals surface area (Å²) in [6, 6.07) is 11.2. The second kappa shape index (κ2) is 7.60. The van der Waals surface area contributed by atoms with Crippen LogP contribution in [0.1, 0.15) is 41.3 Å². The van der Waals surface area contributed by atoms with Crippen molar-refractivity contribution < 1.29 is 9.18 Å². The molecule has 0 radical (unpaired) electrons. The first-order chi connectivity index (χ1) is 13.6. The Morgan fingerprint density at radius 1 is 1.14 bits per heavy atom. The Kier molecular flexibility index (Phi) is 5.01. The van der Waals surface area contributed by atoms with Crippen molar-refractivity contribution in [1.82, 2.24) is 9.58 Å². The lowest BCUT2D eigenvalue weighted by Crippen LogP contribution is -2.29. The maximum Gasteiger partial charge on any atom is 0.193 e. The molecule has 0 saturated carbocycles. The molecule has 2 heterocycles. The van der Waals surface area contributed by atoms with Crippen molar-refractivity contribution in [1.29, 1.82) is 0 Å². The van der Waals surface area contributed by atoms with Crippen LogP contribution in [0, 0.1) is 5.82 Å². The molecule has 4 rings (SSSR count). The quantitative estimate of drug-likeness (QED) is 0.535. The Labute approximate surface area is 164 Å². The number of carbonyl (C=O) groups is 1. The molecule has 0 saturated heterocycles. The monoisotopic (exact) mass is 377 g/mol. The predicted octanol–water partition coefficient (Wildman–Crippen LogP) is 4.22. The molecule has 1 aromatic heterocycles. The highest BCUT2D eigenvalue weighted by atomic mass is 19.1. The van der Waals surface area contributed by atoms with E-state index in [0.717, 1.165) is 48.9 Å². The topological polar surface area (TPSA) is 51.3 Å². The number of fused-ring (bicyclic) bond motifs is 1. The Bertz CT molecular complexity index is 1050. The van der Waals surface area contributed by atoms with Crippen molar-refractivity contribution in [2.75, 3.05) is 25.5 Å². The first kappa shape index (κ1) is 18.4. The average molecular weight is 377 g/mol. The molecule has 5 heteroatoms. The van der Waals surface area contributed by atoms with Gasteiger partial charge in [-0.1, -0.05) is 13.0 Å². The number of nitrogens with two attached hydrogens (primary N) is 1. The highest BCUT2D eigenvalue weighted by Crippen LogP contribution is 2.31. The van der Waals surface area contributed by atoms with Gasteiger partial charge in [-0.05, 0) is 67.4 Å². The SMILES string of the molecule is CCCN1CC=C(c2cn(N)c3ccc(C(=O)c4ccc(F)cc4)cc23)CC1. The Balaban J connectivity index is 1.70. The van der Waals surface area contributed by atoms with E-state index in [1.807, 2.05) is 18.3 Å². The van der Waals surface area contributed by atoms with Gasteiger partial charge in [0.05, 0.1) is 5.52 Å². The summed E-state index contributed by atoms with van der Waals surface area (Å²) in [7, 11) is 0. The molecule has 144 valence electrons. The van der Waals surface area contributed by atoms with E-state index < -0.39 is 0 Å². The molecule has 2 aromatic carbocycles. The molecule has 4 nitrogen and oxygen atoms in total. The lowest BCUT2D eigenvalue weighted by atomic mass is 9.96. The fourth-order valence-corrected chi connectivity index (χ4v) is 3.90. The molecule has 0 fully saturated rings. The van der Waals surface area contributed by atoms with E-state index in [4.69, 9.17) is 5.84 Å². The van der Waals surface area contributed by atoms with Gasteiger partial charge in [-0.15, -0.1) is 0 Å². The van der Waals surface area contributed by atoms with E-state index in [1.165, 1.54) is 29.8 Å². The van der Waals surface area contributed by atoms with Gasteiger partial charge in [-0.3, -0.25) is 14.4 Å². The molecule has 2 N–H and O–H groups in total.